The van der Waals surface area contributed by atoms with Gasteiger partial charge in [-0.1, -0.05) is 24.3 Å². The van der Waals surface area contributed by atoms with Crippen molar-refractivity contribution < 1.29 is 19.5 Å². The van der Waals surface area contributed by atoms with E-state index in [1.54, 1.807) is 12.1 Å². The summed E-state index contributed by atoms with van der Waals surface area (Å²) in [6.07, 6.45) is 8.79. The Morgan fingerprint density at radius 2 is 1.53 bits per heavy atom. The summed E-state index contributed by atoms with van der Waals surface area (Å²) < 4.78 is 0. The third-order valence-corrected chi connectivity index (χ3v) is 8.95. The predicted molar refractivity (Wildman–Crippen MR) is 129 cm³/mol. The first-order valence-electron chi connectivity index (χ1n) is 12.8. The van der Waals surface area contributed by atoms with Crippen LogP contribution in [-0.4, -0.2) is 46.9 Å². The number of carbonyl (C=O) groups excluding carboxylic acids is 2. The van der Waals surface area contributed by atoms with Crippen molar-refractivity contribution in [3.63, 3.8) is 0 Å². The van der Waals surface area contributed by atoms with Gasteiger partial charge in [-0.2, -0.15) is 0 Å². The first kappa shape index (κ1) is 21.6. The second-order valence-electron chi connectivity index (χ2n) is 11.3. The van der Waals surface area contributed by atoms with Crippen molar-refractivity contribution in [2.24, 2.45) is 23.2 Å². The normalized spacial score (nSPS) is 31.7. The summed E-state index contributed by atoms with van der Waals surface area (Å²) in [5.41, 5.74) is 0.855. The maximum Gasteiger partial charge on any atom is 0.326 e. The van der Waals surface area contributed by atoms with Gasteiger partial charge in [-0.15, -0.1) is 0 Å². The Bertz CT molecular complexity index is 1140. The van der Waals surface area contributed by atoms with Crippen LogP contribution in [-0.2, 0) is 4.79 Å². The molecule has 2 aromatic rings. The van der Waals surface area contributed by atoms with Crippen molar-refractivity contribution >= 4 is 28.6 Å². The topological polar surface area (TPSA) is 86.7 Å². The van der Waals surface area contributed by atoms with Crippen molar-refractivity contribution in [2.75, 3.05) is 13.1 Å². The zero-order valence-electron chi connectivity index (χ0n) is 19.5. The Morgan fingerprint density at radius 1 is 0.941 bits per heavy atom. The molecule has 4 aliphatic carbocycles. The Morgan fingerprint density at radius 3 is 2.12 bits per heavy atom. The van der Waals surface area contributed by atoms with E-state index in [2.05, 4.69) is 5.32 Å². The van der Waals surface area contributed by atoms with Crippen LogP contribution in [0.25, 0.3) is 10.8 Å². The lowest BCUT2D eigenvalue weighted by atomic mass is 9.49. The largest absolute Gasteiger partial charge is 0.480 e. The summed E-state index contributed by atoms with van der Waals surface area (Å²) in [6, 6.07) is 10.4. The Kier molecular flexibility index (Phi) is 5.16. The molecule has 6 heteroatoms. The van der Waals surface area contributed by atoms with Crippen molar-refractivity contribution in [3.05, 3.63) is 47.5 Å². The summed E-state index contributed by atoms with van der Waals surface area (Å²) >= 11 is 0. The Labute approximate surface area is 199 Å². The van der Waals surface area contributed by atoms with Crippen LogP contribution in [0.3, 0.4) is 0 Å². The number of amides is 2. The van der Waals surface area contributed by atoms with Crippen LogP contribution >= 0.6 is 0 Å². The second kappa shape index (κ2) is 8.10. The maximum atomic E-state index is 13.5. The number of carboxylic acids is 1. The van der Waals surface area contributed by atoms with Gasteiger partial charge in [-0.3, -0.25) is 9.59 Å². The number of carbonyl (C=O) groups is 3. The number of hydrogen-bond donors (Lipinski definition) is 2. The summed E-state index contributed by atoms with van der Waals surface area (Å²) in [5, 5.41) is 14.6. The third kappa shape index (κ3) is 3.68. The fourth-order valence-electron chi connectivity index (χ4n) is 7.90. The highest BCUT2D eigenvalue weighted by Crippen LogP contribution is 2.59. The predicted octanol–water partition coefficient (Wildman–Crippen LogP) is 4.48. The molecule has 0 radical (unpaired) electrons. The van der Waals surface area contributed by atoms with Gasteiger partial charge in [0, 0.05) is 13.1 Å². The smallest absolute Gasteiger partial charge is 0.326 e. The molecule has 5 fully saturated rings. The number of benzene rings is 2. The number of nitrogens with zero attached hydrogens (tertiary/aromatic N) is 1. The van der Waals surface area contributed by atoms with Gasteiger partial charge >= 0.3 is 5.97 Å². The van der Waals surface area contributed by atoms with Gasteiger partial charge < -0.3 is 15.3 Å². The average molecular weight is 461 g/mol. The fourth-order valence-corrected chi connectivity index (χ4v) is 7.90. The molecule has 1 saturated heterocycles. The first-order chi connectivity index (χ1) is 16.4. The second-order valence-corrected chi connectivity index (χ2v) is 11.3. The summed E-state index contributed by atoms with van der Waals surface area (Å²) in [6.45, 7) is 1.06. The number of rotatable bonds is 5. The third-order valence-electron chi connectivity index (χ3n) is 8.95. The van der Waals surface area contributed by atoms with Gasteiger partial charge in [0.2, 0.25) is 0 Å². The quantitative estimate of drug-likeness (QED) is 0.689. The molecule has 1 heterocycles. The van der Waals surface area contributed by atoms with E-state index in [9.17, 15) is 19.5 Å². The zero-order chi connectivity index (χ0) is 23.4. The minimum absolute atomic E-state index is 0.203. The summed E-state index contributed by atoms with van der Waals surface area (Å²) in [5.74, 6) is 0.850. The molecule has 1 aliphatic heterocycles. The lowest BCUT2D eigenvalue weighted by Gasteiger charge is -2.56. The SMILES string of the molecule is O=C(NCC12CC3CC(CC(C3)C1)C2)c1cc2ccccc2cc1C(=O)N1CCC[C@@H]1C(=O)O. The maximum absolute atomic E-state index is 13.5. The monoisotopic (exact) mass is 460 g/mol. The van der Waals surface area contributed by atoms with Crippen molar-refractivity contribution in [1.29, 1.82) is 0 Å². The number of carboxylic acid groups (broad SMARTS) is 1. The zero-order valence-corrected chi connectivity index (χ0v) is 19.5. The molecular formula is C28H32N2O4. The Balaban J connectivity index is 1.29. The van der Waals surface area contributed by atoms with Crippen molar-refractivity contribution in [1.82, 2.24) is 10.2 Å². The van der Waals surface area contributed by atoms with E-state index in [1.807, 2.05) is 24.3 Å². The van der Waals surface area contributed by atoms with Crippen LogP contribution in [0.1, 0.15) is 72.1 Å². The molecule has 34 heavy (non-hydrogen) atoms. The minimum Gasteiger partial charge on any atom is -0.480 e. The van der Waals surface area contributed by atoms with Crippen LogP contribution in [0, 0.1) is 23.2 Å². The van der Waals surface area contributed by atoms with E-state index < -0.39 is 12.0 Å². The number of hydrogen-bond acceptors (Lipinski definition) is 3. The van der Waals surface area contributed by atoms with E-state index in [0.717, 1.165) is 28.5 Å². The standard InChI is InChI=1S/C28H32N2O4/c31-25(29-16-28-13-17-8-18(14-28)10-19(9-17)15-28)22-11-20-4-1-2-5-21(20)12-23(22)26(32)30-7-3-6-24(30)27(33)34/h1-2,4-5,11-12,17-19,24H,3,6-10,13-16H2,(H,29,31)(H,33,34)/t17?,18?,19?,24-,28?/m1/s1. The molecule has 0 unspecified atom stereocenters. The molecule has 5 aliphatic rings. The van der Waals surface area contributed by atoms with E-state index in [4.69, 9.17) is 0 Å². The number of nitrogens with one attached hydrogen (secondary N) is 1. The Hall–Kier alpha value is -2.89. The van der Waals surface area contributed by atoms with E-state index >= 15 is 0 Å². The highest BCUT2D eigenvalue weighted by atomic mass is 16.4. The molecule has 4 bridgehead atoms. The molecule has 2 N–H and O–H groups in total. The lowest BCUT2D eigenvalue weighted by molar-refractivity contribution is -0.141. The average Bonchev–Trinajstić information content (AvgIpc) is 3.31. The molecular weight excluding hydrogens is 428 g/mol. The van der Waals surface area contributed by atoms with Gasteiger partial charge in [-0.25, -0.2) is 4.79 Å². The molecule has 1 atom stereocenters. The lowest BCUT2D eigenvalue weighted by Crippen LogP contribution is -2.51. The van der Waals surface area contributed by atoms with Crippen LogP contribution in [0.5, 0.6) is 0 Å². The molecule has 2 amide bonds. The van der Waals surface area contributed by atoms with E-state index in [1.165, 1.54) is 43.4 Å². The van der Waals surface area contributed by atoms with Gasteiger partial charge in [0.05, 0.1) is 11.1 Å². The summed E-state index contributed by atoms with van der Waals surface area (Å²) in [7, 11) is 0. The minimum atomic E-state index is -0.987. The number of aliphatic carboxylic acids is 1. The van der Waals surface area contributed by atoms with Crippen molar-refractivity contribution in [3.8, 4) is 0 Å². The van der Waals surface area contributed by atoms with Crippen LogP contribution in [0.4, 0.5) is 0 Å². The van der Waals surface area contributed by atoms with E-state index in [0.29, 0.717) is 37.1 Å². The number of fused-ring (bicyclic) bond motifs is 1. The molecule has 4 saturated carbocycles. The van der Waals surface area contributed by atoms with E-state index in [-0.39, 0.29) is 17.2 Å². The highest BCUT2D eigenvalue weighted by Gasteiger charge is 2.50. The summed E-state index contributed by atoms with van der Waals surface area (Å²) in [4.78, 5) is 40.2. The fraction of sp³-hybridized carbons (Fsp3) is 0.536. The number of likely N-dealkylation sites (tertiary alicyclic amines) is 1. The molecule has 0 spiro atoms. The van der Waals surface area contributed by atoms with Gasteiger partial charge in [-0.05, 0) is 97.4 Å². The molecule has 0 aromatic heterocycles. The van der Waals surface area contributed by atoms with Crippen molar-refractivity contribution in [2.45, 2.75) is 57.4 Å². The van der Waals surface area contributed by atoms with Crippen LogP contribution in [0.15, 0.2) is 36.4 Å². The molecule has 6 nitrogen and oxygen atoms in total. The first-order valence-corrected chi connectivity index (χ1v) is 12.8. The van der Waals surface area contributed by atoms with Gasteiger partial charge in [0.15, 0.2) is 0 Å². The molecule has 7 rings (SSSR count). The van der Waals surface area contributed by atoms with Crippen LogP contribution in [0.2, 0.25) is 0 Å². The van der Waals surface area contributed by atoms with Gasteiger partial charge in [0.25, 0.3) is 11.8 Å². The highest BCUT2D eigenvalue weighted by molar-refractivity contribution is 6.11. The molecule has 178 valence electrons. The van der Waals surface area contributed by atoms with Crippen LogP contribution < -0.4 is 5.32 Å². The van der Waals surface area contributed by atoms with Gasteiger partial charge in [0.1, 0.15) is 6.04 Å². The molecule has 2 aromatic carbocycles.